The number of ether oxygens (including phenoxy) is 2. The number of aromatic nitrogens is 2. The molecule has 4 rings (SSSR count). The van der Waals surface area contributed by atoms with E-state index in [9.17, 15) is 5.11 Å². The molecule has 1 N–H and O–H groups in total. The molecule has 0 fully saturated rings. The van der Waals surface area contributed by atoms with Crippen LogP contribution in [0.25, 0.3) is 11.0 Å². The van der Waals surface area contributed by atoms with Crippen LogP contribution in [0.4, 0.5) is 0 Å². The number of aliphatic hydroxyl groups is 1. The van der Waals surface area contributed by atoms with Gasteiger partial charge in [-0.05, 0) is 61.0 Å². The van der Waals surface area contributed by atoms with Crippen molar-refractivity contribution in [2.75, 3.05) is 6.61 Å². The summed E-state index contributed by atoms with van der Waals surface area (Å²) in [6.45, 7) is 2.84. The molecule has 1 atom stereocenters. The molecule has 0 aliphatic carbocycles. The van der Waals surface area contributed by atoms with Gasteiger partial charge in [-0.1, -0.05) is 35.9 Å². The summed E-state index contributed by atoms with van der Waals surface area (Å²) < 4.78 is 13.6. The molecule has 0 unspecified atom stereocenters. The highest BCUT2D eigenvalue weighted by atomic mass is 35.5. The summed E-state index contributed by atoms with van der Waals surface area (Å²) in [5.74, 6) is 2.21. The predicted molar refractivity (Wildman–Crippen MR) is 118 cm³/mol. The minimum Gasteiger partial charge on any atom is -0.491 e. The number of hydrogen-bond acceptors (Lipinski definition) is 4. The third-order valence-electron chi connectivity index (χ3n) is 4.74. The number of nitrogens with zero attached hydrogens (tertiary/aromatic N) is 2. The maximum atomic E-state index is 10.6. The molecule has 6 heteroatoms. The number of rotatable bonds is 8. The van der Waals surface area contributed by atoms with Gasteiger partial charge in [0.2, 0.25) is 0 Å². The van der Waals surface area contributed by atoms with Crippen molar-refractivity contribution in [3.63, 3.8) is 0 Å². The fourth-order valence-corrected chi connectivity index (χ4v) is 3.40. The SMILES string of the molecule is Cc1cccc(OCc2nc3ccccc3n2C[C@@H](O)COc2ccc(Cl)cc2)c1. The van der Waals surface area contributed by atoms with Crippen molar-refractivity contribution in [2.45, 2.75) is 26.2 Å². The zero-order valence-electron chi connectivity index (χ0n) is 16.7. The lowest BCUT2D eigenvalue weighted by molar-refractivity contribution is 0.0917. The average Bonchev–Trinajstić information content (AvgIpc) is 3.09. The lowest BCUT2D eigenvalue weighted by atomic mass is 10.2. The first kappa shape index (κ1) is 20.3. The zero-order valence-corrected chi connectivity index (χ0v) is 17.4. The van der Waals surface area contributed by atoms with Crippen LogP contribution >= 0.6 is 11.6 Å². The number of aryl methyl sites for hydroxylation is 1. The largest absolute Gasteiger partial charge is 0.491 e. The van der Waals surface area contributed by atoms with Crippen molar-refractivity contribution in [1.29, 1.82) is 0 Å². The van der Waals surface area contributed by atoms with Crippen LogP contribution < -0.4 is 9.47 Å². The van der Waals surface area contributed by atoms with Crippen LogP contribution in [0.2, 0.25) is 5.02 Å². The fraction of sp³-hybridized carbons (Fsp3) is 0.208. The van der Waals surface area contributed by atoms with E-state index in [1.165, 1.54) is 0 Å². The van der Waals surface area contributed by atoms with Crippen LogP contribution in [0.5, 0.6) is 11.5 Å². The van der Waals surface area contributed by atoms with Gasteiger partial charge in [0.15, 0.2) is 0 Å². The van der Waals surface area contributed by atoms with Crippen LogP contribution in [-0.2, 0) is 13.2 Å². The molecule has 5 nitrogen and oxygen atoms in total. The summed E-state index contributed by atoms with van der Waals surface area (Å²) in [5.41, 5.74) is 2.95. The topological polar surface area (TPSA) is 56.5 Å². The summed E-state index contributed by atoms with van der Waals surface area (Å²) in [6.07, 6.45) is -0.712. The minimum absolute atomic E-state index is 0.159. The van der Waals surface area contributed by atoms with Gasteiger partial charge in [-0.2, -0.15) is 0 Å². The van der Waals surface area contributed by atoms with Gasteiger partial charge in [0.25, 0.3) is 0 Å². The van der Waals surface area contributed by atoms with Crippen molar-refractivity contribution >= 4 is 22.6 Å². The second-order valence-electron chi connectivity index (χ2n) is 7.15. The molecule has 1 aromatic heterocycles. The lowest BCUT2D eigenvalue weighted by Crippen LogP contribution is -2.25. The summed E-state index contributed by atoms with van der Waals surface area (Å²) in [5, 5.41) is 11.2. The molecule has 0 amide bonds. The highest BCUT2D eigenvalue weighted by Gasteiger charge is 2.15. The molecular weight excluding hydrogens is 400 g/mol. The van der Waals surface area contributed by atoms with E-state index in [0.717, 1.165) is 28.2 Å². The predicted octanol–water partition coefficient (Wildman–Crippen LogP) is 5.02. The van der Waals surface area contributed by atoms with E-state index in [1.807, 2.05) is 60.0 Å². The van der Waals surface area contributed by atoms with Gasteiger partial charge >= 0.3 is 0 Å². The number of aliphatic hydroxyl groups excluding tert-OH is 1. The Morgan fingerprint density at radius 1 is 0.967 bits per heavy atom. The fourth-order valence-electron chi connectivity index (χ4n) is 3.28. The number of benzene rings is 3. The average molecular weight is 423 g/mol. The number of halogens is 1. The maximum absolute atomic E-state index is 10.6. The van der Waals surface area contributed by atoms with Crippen molar-refractivity contribution in [3.05, 3.63) is 89.2 Å². The molecule has 0 saturated carbocycles. The monoisotopic (exact) mass is 422 g/mol. The van der Waals surface area contributed by atoms with Gasteiger partial charge in [-0.25, -0.2) is 4.98 Å². The van der Waals surface area contributed by atoms with Gasteiger partial charge in [-0.3, -0.25) is 0 Å². The van der Waals surface area contributed by atoms with Crippen LogP contribution in [0.1, 0.15) is 11.4 Å². The van der Waals surface area contributed by atoms with Crippen molar-refractivity contribution in [1.82, 2.24) is 9.55 Å². The normalized spacial score (nSPS) is 12.1. The molecule has 30 heavy (non-hydrogen) atoms. The van der Waals surface area contributed by atoms with Crippen LogP contribution in [-0.4, -0.2) is 27.4 Å². The first-order valence-corrected chi connectivity index (χ1v) is 10.2. The van der Waals surface area contributed by atoms with E-state index in [0.29, 0.717) is 23.9 Å². The molecule has 4 aromatic rings. The van der Waals surface area contributed by atoms with Crippen LogP contribution in [0.3, 0.4) is 0 Å². The molecule has 0 bridgehead atoms. The second kappa shape index (κ2) is 9.20. The highest BCUT2D eigenvalue weighted by Crippen LogP contribution is 2.20. The third kappa shape index (κ3) is 4.93. The van der Waals surface area contributed by atoms with E-state index in [-0.39, 0.29) is 6.61 Å². The summed E-state index contributed by atoms with van der Waals surface area (Å²) in [7, 11) is 0. The lowest BCUT2D eigenvalue weighted by Gasteiger charge is -2.16. The van der Waals surface area contributed by atoms with Crippen LogP contribution in [0.15, 0.2) is 72.8 Å². The molecule has 3 aromatic carbocycles. The standard InChI is InChI=1S/C24H23ClN2O3/c1-17-5-4-6-21(13-17)30-16-24-26-22-7-2-3-8-23(22)27(24)14-19(28)15-29-20-11-9-18(25)10-12-20/h2-13,19,28H,14-16H2,1H3/t19-/m1/s1. The Labute approximate surface area is 180 Å². The Hall–Kier alpha value is -3.02. The molecule has 0 saturated heterocycles. The third-order valence-corrected chi connectivity index (χ3v) is 4.99. The number of hydrogen-bond donors (Lipinski definition) is 1. The zero-order chi connectivity index (χ0) is 20.9. The number of imidazole rings is 1. The van der Waals surface area contributed by atoms with Crippen LogP contribution in [0, 0.1) is 6.92 Å². The van der Waals surface area contributed by atoms with Gasteiger partial charge in [0, 0.05) is 5.02 Å². The Kier molecular flexibility index (Phi) is 6.21. The van der Waals surface area contributed by atoms with Gasteiger partial charge in [-0.15, -0.1) is 0 Å². The molecule has 154 valence electrons. The molecule has 0 aliphatic heterocycles. The highest BCUT2D eigenvalue weighted by molar-refractivity contribution is 6.30. The second-order valence-corrected chi connectivity index (χ2v) is 7.59. The first-order chi connectivity index (χ1) is 14.6. The maximum Gasteiger partial charge on any atom is 0.148 e. The number of fused-ring (bicyclic) bond motifs is 1. The minimum atomic E-state index is -0.712. The molecule has 0 aliphatic rings. The van der Waals surface area contributed by atoms with E-state index >= 15 is 0 Å². The van der Waals surface area contributed by atoms with E-state index in [2.05, 4.69) is 0 Å². The van der Waals surface area contributed by atoms with Gasteiger partial charge in [0.1, 0.15) is 36.6 Å². The Bertz CT molecular complexity index is 1120. The van der Waals surface area contributed by atoms with Crippen molar-refractivity contribution in [3.8, 4) is 11.5 Å². The molecule has 0 spiro atoms. The van der Waals surface area contributed by atoms with Crippen molar-refractivity contribution < 1.29 is 14.6 Å². The Balaban J connectivity index is 1.48. The van der Waals surface area contributed by atoms with E-state index < -0.39 is 6.10 Å². The number of para-hydroxylation sites is 2. The summed E-state index contributed by atoms with van der Waals surface area (Å²) >= 11 is 5.90. The smallest absolute Gasteiger partial charge is 0.148 e. The van der Waals surface area contributed by atoms with E-state index in [4.69, 9.17) is 26.1 Å². The molecular formula is C24H23ClN2O3. The van der Waals surface area contributed by atoms with Gasteiger partial charge in [0.05, 0.1) is 17.6 Å². The van der Waals surface area contributed by atoms with Crippen molar-refractivity contribution in [2.24, 2.45) is 0 Å². The van der Waals surface area contributed by atoms with E-state index in [1.54, 1.807) is 24.3 Å². The summed E-state index contributed by atoms with van der Waals surface area (Å²) in [6, 6.07) is 22.8. The first-order valence-electron chi connectivity index (χ1n) is 9.78. The molecule has 1 heterocycles. The van der Waals surface area contributed by atoms with Gasteiger partial charge < -0.3 is 19.1 Å². The summed E-state index contributed by atoms with van der Waals surface area (Å²) in [4.78, 5) is 4.70. The Morgan fingerprint density at radius 3 is 2.57 bits per heavy atom. The molecule has 0 radical (unpaired) electrons. The quantitative estimate of drug-likeness (QED) is 0.433. The Morgan fingerprint density at radius 2 is 1.77 bits per heavy atom.